The van der Waals surface area contributed by atoms with Gasteiger partial charge in [-0.3, -0.25) is 0 Å². The standard InChI is InChI=1S/C17H15N2.BF4/c1-3-7-15(8-4-1)18-16-9-11-17(12-10-16)19-13-5-2-6-14-19;2-1(3,4)5/h1-14,18H;/q+1;-1. The summed E-state index contributed by atoms with van der Waals surface area (Å²) >= 11 is 0. The maximum atomic E-state index is 9.75. The lowest BCUT2D eigenvalue weighted by Gasteiger charge is -2.05. The van der Waals surface area contributed by atoms with Crippen LogP contribution < -0.4 is 9.88 Å². The van der Waals surface area contributed by atoms with Crippen molar-refractivity contribution >= 4 is 18.6 Å². The Morgan fingerprint density at radius 3 is 1.62 bits per heavy atom. The molecule has 2 nitrogen and oxygen atoms in total. The lowest BCUT2D eigenvalue weighted by Crippen LogP contribution is -2.28. The van der Waals surface area contributed by atoms with E-state index in [2.05, 4.69) is 46.3 Å². The molecule has 1 aromatic heterocycles. The molecule has 0 amide bonds. The van der Waals surface area contributed by atoms with E-state index in [0.717, 1.165) is 17.1 Å². The molecule has 3 aromatic rings. The van der Waals surface area contributed by atoms with E-state index in [4.69, 9.17) is 0 Å². The summed E-state index contributed by atoms with van der Waals surface area (Å²) in [4.78, 5) is 0. The predicted octanol–water partition coefficient (Wildman–Crippen LogP) is 5.01. The van der Waals surface area contributed by atoms with E-state index in [1.807, 2.05) is 48.8 Å². The first kappa shape index (κ1) is 17.5. The SMILES string of the molecule is F[B-](F)(F)F.c1ccc(Nc2ccc(-[n+]3ccccc3)cc2)cc1. The Bertz CT molecular complexity index is 726. The van der Waals surface area contributed by atoms with Crippen molar-refractivity contribution < 1.29 is 21.8 Å². The molecule has 124 valence electrons. The molecule has 1 N–H and O–H groups in total. The summed E-state index contributed by atoms with van der Waals surface area (Å²) < 4.78 is 41.1. The third-order valence-corrected chi connectivity index (χ3v) is 2.94. The number of anilines is 2. The molecule has 0 aliphatic heterocycles. The zero-order valence-electron chi connectivity index (χ0n) is 12.6. The number of benzene rings is 2. The Kier molecular flexibility index (Phi) is 5.95. The quantitative estimate of drug-likeness (QED) is 0.405. The Morgan fingerprint density at radius 1 is 0.625 bits per heavy atom. The van der Waals surface area contributed by atoms with Crippen LogP contribution in [0, 0.1) is 0 Å². The number of rotatable bonds is 3. The Morgan fingerprint density at radius 2 is 1.08 bits per heavy atom. The minimum absolute atomic E-state index is 1.09. The number of halogens is 4. The van der Waals surface area contributed by atoms with Gasteiger partial charge in [0.15, 0.2) is 12.4 Å². The zero-order chi connectivity index (χ0) is 17.4. The second kappa shape index (κ2) is 8.15. The van der Waals surface area contributed by atoms with Crippen molar-refractivity contribution in [2.24, 2.45) is 0 Å². The molecule has 0 radical (unpaired) electrons. The van der Waals surface area contributed by atoms with Gasteiger partial charge in [-0.15, -0.1) is 0 Å². The Balaban J connectivity index is 0.000000368. The molecule has 0 aliphatic rings. The number of hydrogen-bond donors (Lipinski definition) is 1. The van der Waals surface area contributed by atoms with Crippen molar-refractivity contribution in [3.63, 3.8) is 0 Å². The first-order valence-corrected chi connectivity index (χ1v) is 7.18. The van der Waals surface area contributed by atoms with Crippen LogP contribution in [0.15, 0.2) is 85.2 Å². The van der Waals surface area contributed by atoms with E-state index in [0.29, 0.717) is 0 Å². The third-order valence-electron chi connectivity index (χ3n) is 2.94. The molecule has 7 heteroatoms. The number of para-hydroxylation sites is 1. The highest BCUT2D eigenvalue weighted by Crippen LogP contribution is 2.16. The fourth-order valence-electron chi connectivity index (χ4n) is 1.98. The van der Waals surface area contributed by atoms with Crippen molar-refractivity contribution in [1.82, 2.24) is 0 Å². The summed E-state index contributed by atoms with van der Waals surface area (Å²) in [7, 11) is -6.00. The second-order valence-electron chi connectivity index (χ2n) is 4.82. The van der Waals surface area contributed by atoms with Gasteiger partial charge in [0.2, 0.25) is 5.69 Å². The first-order chi connectivity index (χ1) is 11.4. The lowest BCUT2D eigenvalue weighted by molar-refractivity contribution is -0.595. The number of nitrogens with zero attached hydrogens (tertiary/aromatic N) is 1. The van der Waals surface area contributed by atoms with Crippen LogP contribution in [0.1, 0.15) is 0 Å². The molecular formula is C17H15BF4N2. The van der Waals surface area contributed by atoms with E-state index in [1.165, 1.54) is 0 Å². The van der Waals surface area contributed by atoms with Gasteiger partial charge in [-0.1, -0.05) is 24.3 Å². The van der Waals surface area contributed by atoms with Crippen LogP contribution in [0.25, 0.3) is 5.69 Å². The van der Waals surface area contributed by atoms with E-state index in [-0.39, 0.29) is 0 Å². The summed E-state index contributed by atoms with van der Waals surface area (Å²) in [6.45, 7) is 0. The number of aromatic nitrogens is 1. The third kappa shape index (κ3) is 6.52. The normalized spacial score (nSPS) is 10.5. The highest BCUT2D eigenvalue weighted by atomic mass is 19.5. The smallest absolute Gasteiger partial charge is 0.418 e. The van der Waals surface area contributed by atoms with Crippen LogP contribution >= 0.6 is 0 Å². The van der Waals surface area contributed by atoms with Crippen molar-refractivity contribution in [3.05, 3.63) is 85.2 Å². The molecule has 1 heterocycles. The van der Waals surface area contributed by atoms with Crippen LogP contribution in [-0.4, -0.2) is 7.25 Å². The molecule has 0 spiro atoms. The van der Waals surface area contributed by atoms with Gasteiger partial charge in [-0.2, -0.15) is 4.57 Å². The van der Waals surface area contributed by atoms with Crippen molar-refractivity contribution in [2.45, 2.75) is 0 Å². The monoisotopic (exact) mass is 334 g/mol. The highest BCUT2D eigenvalue weighted by molar-refractivity contribution is 6.50. The number of nitrogens with one attached hydrogen (secondary N) is 1. The van der Waals surface area contributed by atoms with Gasteiger partial charge in [0.25, 0.3) is 0 Å². The van der Waals surface area contributed by atoms with Crippen LogP contribution in [0.5, 0.6) is 0 Å². The van der Waals surface area contributed by atoms with Gasteiger partial charge in [0.05, 0.1) is 0 Å². The van der Waals surface area contributed by atoms with E-state index < -0.39 is 7.25 Å². The second-order valence-corrected chi connectivity index (χ2v) is 4.82. The average Bonchev–Trinajstić information content (AvgIpc) is 2.56. The summed E-state index contributed by atoms with van der Waals surface area (Å²) in [6, 6.07) is 24.6. The molecular weight excluding hydrogens is 319 g/mol. The van der Waals surface area contributed by atoms with Gasteiger partial charge in [0.1, 0.15) is 0 Å². The highest BCUT2D eigenvalue weighted by Gasteiger charge is 2.20. The summed E-state index contributed by atoms with van der Waals surface area (Å²) in [5.41, 5.74) is 3.34. The molecule has 2 aromatic carbocycles. The van der Waals surface area contributed by atoms with Gasteiger partial charge < -0.3 is 22.6 Å². The summed E-state index contributed by atoms with van der Waals surface area (Å²) in [5.74, 6) is 0. The zero-order valence-corrected chi connectivity index (χ0v) is 12.6. The van der Waals surface area contributed by atoms with Crippen molar-refractivity contribution in [1.29, 1.82) is 0 Å². The number of pyridine rings is 1. The van der Waals surface area contributed by atoms with Crippen LogP contribution in [0.3, 0.4) is 0 Å². The molecule has 0 aliphatic carbocycles. The Hall–Kier alpha value is -2.83. The van der Waals surface area contributed by atoms with Crippen molar-refractivity contribution in [2.75, 3.05) is 5.32 Å². The largest absolute Gasteiger partial charge is 0.673 e. The fraction of sp³-hybridized carbons (Fsp3) is 0. The predicted molar refractivity (Wildman–Crippen MR) is 87.9 cm³/mol. The van der Waals surface area contributed by atoms with Gasteiger partial charge in [-0.25, -0.2) is 0 Å². The minimum atomic E-state index is -6.00. The van der Waals surface area contributed by atoms with E-state index in [1.54, 1.807) is 0 Å². The minimum Gasteiger partial charge on any atom is -0.418 e. The first-order valence-electron chi connectivity index (χ1n) is 7.18. The fourth-order valence-corrected chi connectivity index (χ4v) is 1.98. The molecule has 3 rings (SSSR count). The van der Waals surface area contributed by atoms with Gasteiger partial charge in [0, 0.05) is 35.6 Å². The van der Waals surface area contributed by atoms with Gasteiger partial charge >= 0.3 is 7.25 Å². The number of hydrogen-bond acceptors (Lipinski definition) is 1. The molecule has 24 heavy (non-hydrogen) atoms. The van der Waals surface area contributed by atoms with Crippen LogP contribution in [-0.2, 0) is 0 Å². The van der Waals surface area contributed by atoms with Gasteiger partial charge in [-0.05, 0) is 24.3 Å². The molecule has 0 saturated heterocycles. The van der Waals surface area contributed by atoms with Crippen LogP contribution in [0.2, 0.25) is 0 Å². The molecule has 0 fully saturated rings. The Labute approximate surface area is 137 Å². The van der Waals surface area contributed by atoms with E-state index >= 15 is 0 Å². The topological polar surface area (TPSA) is 15.9 Å². The molecule has 0 bridgehead atoms. The molecule has 0 atom stereocenters. The summed E-state index contributed by atoms with van der Waals surface area (Å²) in [6.07, 6.45) is 4.08. The lowest BCUT2D eigenvalue weighted by atomic mass is 10.2. The maximum Gasteiger partial charge on any atom is 0.673 e. The molecule has 0 saturated carbocycles. The molecule has 0 unspecified atom stereocenters. The van der Waals surface area contributed by atoms with Crippen LogP contribution in [0.4, 0.5) is 28.6 Å². The average molecular weight is 334 g/mol. The maximum absolute atomic E-state index is 9.75. The van der Waals surface area contributed by atoms with Crippen molar-refractivity contribution in [3.8, 4) is 5.69 Å². The van der Waals surface area contributed by atoms with E-state index in [9.17, 15) is 17.3 Å². The summed E-state index contributed by atoms with van der Waals surface area (Å²) in [5, 5.41) is 3.37.